The predicted molar refractivity (Wildman–Crippen MR) is 60.6 cm³/mol. The maximum atomic E-state index is 5.06. The van der Waals surface area contributed by atoms with Gasteiger partial charge in [0, 0.05) is 23.4 Å². The molecule has 1 aliphatic rings. The van der Waals surface area contributed by atoms with E-state index >= 15 is 0 Å². The van der Waals surface area contributed by atoms with Crippen LogP contribution in [0.4, 0.5) is 0 Å². The number of hydrogen-bond donors (Lipinski definition) is 1. The fourth-order valence-electron chi connectivity index (χ4n) is 1.75. The Morgan fingerprint density at radius 2 is 2.64 bits per heavy atom. The molecule has 2 rings (SSSR count). The lowest BCUT2D eigenvalue weighted by molar-refractivity contribution is 0.533. The van der Waals surface area contributed by atoms with E-state index in [1.54, 1.807) is 6.26 Å². The molecule has 0 saturated carbocycles. The molecule has 2 heterocycles. The highest BCUT2D eigenvalue weighted by atomic mass is 32.2. The van der Waals surface area contributed by atoms with E-state index in [1.165, 1.54) is 24.2 Å². The molecule has 3 heteroatoms. The van der Waals surface area contributed by atoms with Crippen molar-refractivity contribution in [3.8, 4) is 0 Å². The Morgan fingerprint density at radius 3 is 3.29 bits per heavy atom. The summed E-state index contributed by atoms with van der Waals surface area (Å²) in [5.41, 5.74) is 1.24. The average molecular weight is 211 g/mol. The number of thioether (sulfide) groups is 1. The van der Waals surface area contributed by atoms with Crippen LogP contribution in [0.15, 0.2) is 23.0 Å². The van der Waals surface area contributed by atoms with Crippen molar-refractivity contribution >= 4 is 11.8 Å². The summed E-state index contributed by atoms with van der Waals surface area (Å²) in [4.78, 5) is 0. The standard InChI is InChI=1S/C11H17NOS/c1-9(10-4-5-13-8-10)12-7-11-3-2-6-14-11/h4-5,8-9,11-12H,2-3,6-7H2,1H3. The summed E-state index contributed by atoms with van der Waals surface area (Å²) in [5, 5.41) is 4.37. The molecule has 1 saturated heterocycles. The minimum absolute atomic E-state index is 0.412. The SMILES string of the molecule is CC(NCC1CCCS1)c1ccoc1. The first-order valence-corrected chi connectivity index (χ1v) is 6.28. The molecule has 0 aliphatic carbocycles. The van der Waals surface area contributed by atoms with Crippen molar-refractivity contribution < 1.29 is 4.42 Å². The molecule has 0 aromatic carbocycles. The third-order valence-electron chi connectivity index (χ3n) is 2.72. The first-order chi connectivity index (χ1) is 6.86. The van der Waals surface area contributed by atoms with Crippen LogP contribution in [-0.2, 0) is 0 Å². The van der Waals surface area contributed by atoms with Crippen LogP contribution in [0.3, 0.4) is 0 Å². The van der Waals surface area contributed by atoms with E-state index in [-0.39, 0.29) is 0 Å². The van der Waals surface area contributed by atoms with Gasteiger partial charge < -0.3 is 9.73 Å². The molecule has 0 spiro atoms. The molecule has 14 heavy (non-hydrogen) atoms. The van der Waals surface area contributed by atoms with Gasteiger partial charge in [0.25, 0.3) is 0 Å². The fourth-order valence-corrected chi connectivity index (χ4v) is 2.97. The predicted octanol–water partition coefficient (Wildman–Crippen LogP) is 2.83. The van der Waals surface area contributed by atoms with Crippen LogP contribution in [0.25, 0.3) is 0 Å². The summed E-state index contributed by atoms with van der Waals surface area (Å²) in [6.07, 6.45) is 6.31. The van der Waals surface area contributed by atoms with E-state index in [1.807, 2.05) is 12.3 Å². The molecule has 2 unspecified atom stereocenters. The molecular weight excluding hydrogens is 194 g/mol. The number of hydrogen-bond acceptors (Lipinski definition) is 3. The Hall–Kier alpha value is -0.410. The van der Waals surface area contributed by atoms with Gasteiger partial charge >= 0.3 is 0 Å². The molecule has 0 amide bonds. The lowest BCUT2D eigenvalue weighted by Crippen LogP contribution is -2.25. The van der Waals surface area contributed by atoms with Crippen molar-refractivity contribution in [2.45, 2.75) is 31.1 Å². The molecule has 0 bridgehead atoms. The Morgan fingerprint density at radius 1 is 1.71 bits per heavy atom. The van der Waals surface area contributed by atoms with Crippen molar-refractivity contribution in [1.82, 2.24) is 5.32 Å². The first-order valence-electron chi connectivity index (χ1n) is 5.23. The lowest BCUT2D eigenvalue weighted by Gasteiger charge is -2.15. The fraction of sp³-hybridized carbons (Fsp3) is 0.636. The van der Waals surface area contributed by atoms with Gasteiger partial charge in [0.15, 0.2) is 0 Å². The molecule has 0 radical (unpaired) electrons. The molecule has 1 N–H and O–H groups in total. The van der Waals surface area contributed by atoms with E-state index in [0.29, 0.717) is 6.04 Å². The van der Waals surface area contributed by atoms with Crippen LogP contribution in [0, 0.1) is 0 Å². The van der Waals surface area contributed by atoms with Gasteiger partial charge in [-0.1, -0.05) is 0 Å². The summed E-state index contributed by atoms with van der Waals surface area (Å²) in [6, 6.07) is 2.44. The van der Waals surface area contributed by atoms with Crippen LogP contribution in [0.1, 0.15) is 31.4 Å². The zero-order valence-electron chi connectivity index (χ0n) is 8.53. The van der Waals surface area contributed by atoms with Crippen molar-refractivity contribution in [3.63, 3.8) is 0 Å². The van der Waals surface area contributed by atoms with E-state index in [9.17, 15) is 0 Å². The Bertz CT molecular complexity index is 254. The number of nitrogens with one attached hydrogen (secondary N) is 1. The highest BCUT2D eigenvalue weighted by Gasteiger charge is 2.16. The lowest BCUT2D eigenvalue weighted by atomic mass is 10.1. The highest BCUT2D eigenvalue weighted by Crippen LogP contribution is 2.26. The quantitative estimate of drug-likeness (QED) is 0.829. The molecule has 1 aromatic heterocycles. The van der Waals surface area contributed by atoms with Gasteiger partial charge in [0.2, 0.25) is 0 Å². The van der Waals surface area contributed by atoms with E-state index in [0.717, 1.165) is 11.8 Å². The number of rotatable bonds is 4. The molecule has 2 atom stereocenters. The second-order valence-corrected chi connectivity index (χ2v) is 5.23. The van der Waals surface area contributed by atoms with Crippen molar-refractivity contribution in [3.05, 3.63) is 24.2 Å². The van der Waals surface area contributed by atoms with Crippen molar-refractivity contribution in [2.75, 3.05) is 12.3 Å². The minimum Gasteiger partial charge on any atom is -0.472 e. The highest BCUT2D eigenvalue weighted by molar-refractivity contribution is 8.00. The molecule has 1 aliphatic heterocycles. The normalized spacial score (nSPS) is 23.9. The van der Waals surface area contributed by atoms with Gasteiger partial charge in [-0.2, -0.15) is 11.8 Å². The Kier molecular flexibility index (Phi) is 3.54. The Labute approximate surface area is 89.4 Å². The van der Waals surface area contributed by atoms with Gasteiger partial charge in [-0.05, 0) is 31.6 Å². The summed E-state index contributed by atoms with van der Waals surface area (Å²) in [5.74, 6) is 1.34. The number of furan rings is 1. The minimum atomic E-state index is 0.412. The average Bonchev–Trinajstić information content (AvgIpc) is 2.87. The summed E-state index contributed by atoms with van der Waals surface area (Å²) >= 11 is 2.10. The third-order valence-corrected chi connectivity index (χ3v) is 4.12. The third kappa shape index (κ3) is 2.55. The van der Waals surface area contributed by atoms with E-state index in [4.69, 9.17) is 4.42 Å². The summed E-state index contributed by atoms with van der Waals surface area (Å²) in [6.45, 7) is 3.31. The van der Waals surface area contributed by atoms with Gasteiger partial charge in [-0.25, -0.2) is 0 Å². The maximum absolute atomic E-state index is 5.06. The molecule has 1 aromatic rings. The first kappa shape index (κ1) is 10.1. The molecular formula is C11H17NOS. The van der Waals surface area contributed by atoms with Crippen molar-refractivity contribution in [2.24, 2.45) is 0 Å². The molecule has 2 nitrogen and oxygen atoms in total. The Balaban J connectivity index is 1.74. The van der Waals surface area contributed by atoms with Gasteiger partial charge in [-0.15, -0.1) is 0 Å². The van der Waals surface area contributed by atoms with Crippen LogP contribution < -0.4 is 5.32 Å². The van der Waals surface area contributed by atoms with E-state index in [2.05, 4.69) is 24.0 Å². The van der Waals surface area contributed by atoms with Crippen LogP contribution in [0.5, 0.6) is 0 Å². The smallest absolute Gasteiger partial charge is 0.0950 e. The van der Waals surface area contributed by atoms with Crippen LogP contribution >= 0.6 is 11.8 Å². The second kappa shape index (κ2) is 4.89. The summed E-state index contributed by atoms with van der Waals surface area (Å²) in [7, 11) is 0. The molecule has 78 valence electrons. The van der Waals surface area contributed by atoms with Gasteiger partial charge in [0.05, 0.1) is 12.5 Å². The largest absolute Gasteiger partial charge is 0.472 e. The van der Waals surface area contributed by atoms with Crippen LogP contribution in [0.2, 0.25) is 0 Å². The van der Waals surface area contributed by atoms with Crippen LogP contribution in [-0.4, -0.2) is 17.5 Å². The molecule has 1 fully saturated rings. The van der Waals surface area contributed by atoms with Crippen molar-refractivity contribution in [1.29, 1.82) is 0 Å². The maximum Gasteiger partial charge on any atom is 0.0950 e. The summed E-state index contributed by atoms with van der Waals surface area (Å²) < 4.78 is 5.06. The van der Waals surface area contributed by atoms with Gasteiger partial charge in [-0.3, -0.25) is 0 Å². The monoisotopic (exact) mass is 211 g/mol. The van der Waals surface area contributed by atoms with E-state index < -0.39 is 0 Å². The topological polar surface area (TPSA) is 25.2 Å². The zero-order valence-corrected chi connectivity index (χ0v) is 9.35. The second-order valence-electron chi connectivity index (χ2n) is 3.82. The van der Waals surface area contributed by atoms with Gasteiger partial charge in [0.1, 0.15) is 0 Å². The zero-order chi connectivity index (χ0) is 9.80.